The van der Waals surface area contributed by atoms with E-state index in [1.54, 1.807) is 19.9 Å². The number of hydrogen-bond acceptors (Lipinski definition) is 11. The number of phenolic OH excluding ortho intramolecular Hbond substituents is 1. The normalized spacial score (nSPS) is 43.2. The average Bonchev–Trinajstić information content (AvgIpc) is 3.70. The summed E-state index contributed by atoms with van der Waals surface area (Å²) < 4.78 is 29.6. The first-order chi connectivity index (χ1) is 21.0. The predicted molar refractivity (Wildman–Crippen MR) is 157 cm³/mol. The Morgan fingerprint density at radius 3 is 2.53 bits per heavy atom. The highest BCUT2D eigenvalue weighted by atomic mass is 35.5. The van der Waals surface area contributed by atoms with Crippen LogP contribution in [0.3, 0.4) is 0 Å². The molecule has 4 N–H and O–H groups in total. The maximum atomic E-state index is 14.0. The molecule has 0 amide bonds. The first-order valence-corrected chi connectivity index (χ1v) is 15.1. The fourth-order valence-electron chi connectivity index (χ4n) is 8.58. The van der Waals surface area contributed by atoms with Crippen molar-refractivity contribution in [1.29, 1.82) is 0 Å². The number of aryl methyl sites for hydroxylation is 1. The molecule has 2 fully saturated rings. The van der Waals surface area contributed by atoms with Crippen LogP contribution in [0.25, 0.3) is 0 Å². The highest BCUT2D eigenvalue weighted by Crippen LogP contribution is 2.78. The molecule has 2 heterocycles. The number of halogens is 1. The molecule has 4 bridgehead atoms. The summed E-state index contributed by atoms with van der Waals surface area (Å²) in [6, 6.07) is 2.83. The van der Waals surface area contributed by atoms with E-state index in [-0.39, 0.29) is 41.1 Å². The third kappa shape index (κ3) is 3.20. The molecule has 5 aliphatic carbocycles. The van der Waals surface area contributed by atoms with Gasteiger partial charge in [0.15, 0.2) is 15.9 Å². The number of hydrogen-bond donors (Lipinski definition) is 4. The van der Waals surface area contributed by atoms with Gasteiger partial charge in [-0.2, -0.15) is 0 Å². The standard InChI is InChI=1S/C33H35ClO11/c1-15(2)7-8-30-24(37)17(11-20(36)25(30)44-30)18-12-28(4)14-29(27(39)42-6)13-22(41-5)31(28,34)32(18,40)33(29)43-21-10-16(3)9-19(35)23(21)26(38)45-33/h7,9-13,20,24-25,35-37,40H,8,14H2,1-6H3. The number of fused-ring (bicyclic) bond motifs is 2. The number of rotatable bonds is 5. The molecule has 0 radical (unpaired) electrons. The van der Waals surface area contributed by atoms with Gasteiger partial charge in [-0.25, -0.2) is 4.79 Å². The van der Waals surface area contributed by atoms with E-state index >= 15 is 0 Å². The zero-order valence-corrected chi connectivity index (χ0v) is 26.4. The van der Waals surface area contributed by atoms with Crippen molar-refractivity contribution in [3.05, 3.63) is 70.0 Å². The highest BCUT2D eigenvalue weighted by Gasteiger charge is 2.92. The summed E-state index contributed by atoms with van der Waals surface area (Å²) >= 11 is 7.58. The van der Waals surface area contributed by atoms with Gasteiger partial charge in [-0.05, 0) is 68.2 Å². The number of benzene rings is 1. The lowest BCUT2D eigenvalue weighted by atomic mass is 9.46. The van der Waals surface area contributed by atoms with Crippen LogP contribution in [0.5, 0.6) is 11.5 Å². The fourth-order valence-corrected chi connectivity index (χ4v) is 9.06. The topological polar surface area (TPSA) is 165 Å². The summed E-state index contributed by atoms with van der Waals surface area (Å²) in [4.78, 5) is 25.9. The number of esters is 2. The molecule has 1 saturated heterocycles. The van der Waals surface area contributed by atoms with E-state index in [1.807, 2.05) is 19.9 Å². The van der Waals surface area contributed by atoms with Crippen LogP contribution in [-0.2, 0) is 23.7 Å². The number of allylic oxidation sites excluding steroid dienone is 2. The van der Waals surface area contributed by atoms with Gasteiger partial charge in [0.05, 0.1) is 14.2 Å². The van der Waals surface area contributed by atoms with Crippen LogP contribution in [0.1, 0.15) is 49.5 Å². The van der Waals surface area contributed by atoms with Gasteiger partial charge in [-0.1, -0.05) is 24.6 Å². The van der Waals surface area contributed by atoms with E-state index < -0.39 is 68.7 Å². The SMILES string of the molecule is COC(=O)C12C=C(OC)C3(Cl)C(C)(C=C(C4=CC(O)C5OC5(CC=C(C)C)C4O)C3(O)C13OC(=O)c1c(O)cc(C)cc1O3)C2. The number of carbonyl (C=O) groups excluding carboxylic acids is 2. The van der Waals surface area contributed by atoms with Crippen LogP contribution in [0.2, 0.25) is 0 Å². The number of ether oxygens (including phenoxy) is 5. The van der Waals surface area contributed by atoms with Gasteiger partial charge in [0.25, 0.3) is 0 Å². The van der Waals surface area contributed by atoms with Crippen LogP contribution in [0.4, 0.5) is 0 Å². The lowest BCUT2D eigenvalue weighted by Gasteiger charge is -2.67. The number of aromatic hydroxyl groups is 1. The molecule has 1 aromatic rings. The Morgan fingerprint density at radius 2 is 1.89 bits per heavy atom. The molecule has 11 nitrogen and oxygen atoms in total. The van der Waals surface area contributed by atoms with Gasteiger partial charge in [-0.3, -0.25) is 4.79 Å². The molecule has 7 aliphatic rings. The largest absolute Gasteiger partial charge is 0.507 e. The molecule has 9 atom stereocenters. The molecule has 8 rings (SSSR count). The van der Waals surface area contributed by atoms with Gasteiger partial charge >= 0.3 is 17.7 Å². The third-order valence-electron chi connectivity index (χ3n) is 10.6. The Balaban J connectivity index is 1.52. The van der Waals surface area contributed by atoms with Crippen LogP contribution in [-0.4, -0.2) is 86.8 Å². The monoisotopic (exact) mass is 642 g/mol. The fraction of sp³-hybridized carbons (Fsp3) is 0.515. The van der Waals surface area contributed by atoms with E-state index in [0.717, 1.165) is 12.7 Å². The van der Waals surface area contributed by atoms with E-state index in [0.29, 0.717) is 5.56 Å². The van der Waals surface area contributed by atoms with Gasteiger partial charge in [0.1, 0.15) is 46.7 Å². The van der Waals surface area contributed by atoms with E-state index in [2.05, 4.69) is 0 Å². The Hall–Kier alpha value is -3.35. The molecule has 9 unspecified atom stereocenters. The van der Waals surface area contributed by atoms with Gasteiger partial charge in [0.2, 0.25) is 0 Å². The second kappa shape index (κ2) is 8.92. The zero-order chi connectivity index (χ0) is 32.7. The number of epoxide rings is 1. The van der Waals surface area contributed by atoms with Crippen molar-refractivity contribution in [2.45, 2.75) is 80.7 Å². The Bertz CT molecular complexity index is 1710. The second-order valence-electron chi connectivity index (χ2n) is 13.5. The van der Waals surface area contributed by atoms with Crippen molar-refractivity contribution in [2.75, 3.05) is 14.2 Å². The Morgan fingerprint density at radius 1 is 1.18 bits per heavy atom. The number of phenols is 1. The smallest absolute Gasteiger partial charge is 0.349 e. The molecular weight excluding hydrogens is 608 g/mol. The van der Waals surface area contributed by atoms with Crippen LogP contribution >= 0.6 is 11.6 Å². The number of carbonyl (C=O) groups is 2. The number of aliphatic hydroxyl groups is 3. The van der Waals surface area contributed by atoms with Crippen LogP contribution in [0.15, 0.2) is 58.9 Å². The summed E-state index contributed by atoms with van der Waals surface area (Å²) in [5, 5.41) is 47.3. The number of aliphatic hydroxyl groups excluding tert-OH is 2. The van der Waals surface area contributed by atoms with Crippen molar-refractivity contribution in [1.82, 2.24) is 0 Å². The molecule has 45 heavy (non-hydrogen) atoms. The lowest BCUT2D eigenvalue weighted by Crippen LogP contribution is -2.85. The highest BCUT2D eigenvalue weighted by molar-refractivity contribution is 6.29. The van der Waals surface area contributed by atoms with Crippen molar-refractivity contribution in [2.24, 2.45) is 10.8 Å². The Kier molecular flexibility index (Phi) is 6.01. The summed E-state index contributed by atoms with van der Waals surface area (Å²) in [5.74, 6) is -5.21. The van der Waals surface area contributed by atoms with E-state index in [9.17, 15) is 30.0 Å². The maximum Gasteiger partial charge on any atom is 0.349 e. The summed E-state index contributed by atoms with van der Waals surface area (Å²) in [5.41, 5.74) is -5.96. The predicted octanol–water partition coefficient (Wildman–Crippen LogP) is 2.86. The Labute approximate surface area is 264 Å². The van der Waals surface area contributed by atoms with Crippen molar-refractivity contribution < 1.29 is 53.7 Å². The minimum absolute atomic E-state index is 0.00789. The number of alkyl halides is 1. The molecule has 1 aromatic carbocycles. The minimum atomic E-state index is -2.65. The molecule has 1 spiro atoms. The average molecular weight is 643 g/mol. The van der Waals surface area contributed by atoms with Crippen LogP contribution < -0.4 is 4.74 Å². The minimum Gasteiger partial charge on any atom is -0.507 e. The summed E-state index contributed by atoms with van der Waals surface area (Å²) in [6.07, 6.45) is 3.09. The van der Waals surface area contributed by atoms with Gasteiger partial charge in [-0.15, -0.1) is 11.6 Å². The molecule has 12 heteroatoms. The van der Waals surface area contributed by atoms with Gasteiger partial charge < -0.3 is 44.1 Å². The molecule has 1 saturated carbocycles. The lowest BCUT2D eigenvalue weighted by molar-refractivity contribution is -0.331. The second-order valence-corrected chi connectivity index (χ2v) is 14.0. The van der Waals surface area contributed by atoms with E-state index in [4.69, 9.17) is 35.3 Å². The summed E-state index contributed by atoms with van der Waals surface area (Å²) in [7, 11) is 2.49. The number of methoxy groups -OCH3 is 2. The molecular formula is C33H35ClO11. The van der Waals surface area contributed by atoms with Crippen molar-refractivity contribution >= 4 is 23.5 Å². The molecule has 0 aromatic heterocycles. The van der Waals surface area contributed by atoms with Crippen molar-refractivity contribution in [3.63, 3.8) is 0 Å². The summed E-state index contributed by atoms with van der Waals surface area (Å²) in [6.45, 7) is 7.18. The first-order valence-electron chi connectivity index (χ1n) is 14.7. The van der Waals surface area contributed by atoms with Gasteiger partial charge in [0, 0.05) is 11.8 Å². The maximum absolute atomic E-state index is 14.0. The van der Waals surface area contributed by atoms with Crippen LogP contribution in [0, 0.1) is 17.8 Å². The first kappa shape index (κ1) is 30.3. The van der Waals surface area contributed by atoms with Crippen molar-refractivity contribution in [3.8, 4) is 11.5 Å². The molecule has 240 valence electrons. The molecule has 2 aliphatic heterocycles. The zero-order valence-electron chi connectivity index (χ0n) is 25.6. The third-order valence-corrected chi connectivity index (χ3v) is 11.5. The quantitative estimate of drug-likeness (QED) is 0.162. The van der Waals surface area contributed by atoms with E-state index in [1.165, 1.54) is 31.4 Å².